The van der Waals surface area contributed by atoms with Gasteiger partial charge in [0.2, 0.25) is 0 Å². The van der Waals surface area contributed by atoms with Gasteiger partial charge in [-0.15, -0.1) is 0 Å². The highest BCUT2D eigenvalue weighted by molar-refractivity contribution is 6.31. The number of carbonyl (C=O) groups is 2. The molecule has 3 nitrogen and oxygen atoms in total. The maximum Gasteiger partial charge on any atom is 0.305 e. The molecule has 0 radical (unpaired) electrons. The highest BCUT2D eigenvalue weighted by Crippen LogP contribution is 2.33. The molecule has 0 heterocycles. The van der Waals surface area contributed by atoms with E-state index in [2.05, 4.69) is 0 Å². The first kappa shape index (κ1) is 20.9. The third-order valence-corrected chi connectivity index (χ3v) is 4.19. The summed E-state index contributed by atoms with van der Waals surface area (Å²) in [6.07, 6.45) is -0.487. The number of Topliss-reactive ketones (excluding diaryl/α,β-unsaturated/α-hetero) is 1. The molecule has 0 aliphatic carbocycles. The molecule has 0 fully saturated rings. The normalized spacial score (nSPS) is 11.9. The van der Waals surface area contributed by atoms with E-state index in [4.69, 9.17) is 16.3 Å². The molecule has 2 aromatic carbocycles. The zero-order chi connectivity index (χ0) is 20.1. The molecule has 27 heavy (non-hydrogen) atoms. The molecule has 0 aliphatic heterocycles. The number of ketones is 1. The zero-order valence-corrected chi connectivity index (χ0v) is 15.0. The molecule has 8 heteroatoms. The van der Waals surface area contributed by atoms with Gasteiger partial charge in [0.1, 0.15) is 23.3 Å². The Balaban J connectivity index is 2.47. The van der Waals surface area contributed by atoms with Gasteiger partial charge in [-0.05, 0) is 37.1 Å². The number of hydrogen-bond donors (Lipinski definition) is 0. The average molecular weight is 403 g/mol. The lowest BCUT2D eigenvalue weighted by molar-refractivity contribution is -0.143. The van der Waals surface area contributed by atoms with Gasteiger partial charge in [-0.3, -0.25) is 9.59 Å². The minimum absolute atomic E-state index is 0.0125. The molecule has 2 aromatic rings. The fraction of sp³-hybridized carbons (Fsp3) is 0.263. The second-order valence-electron chi connectivity index (χ2n) is 5.67. The van der Waals surface area contributed by atoms with Gasteiger partial charge >= 0.3 is 5.97 Å². The molecule has 1 atom stereocenters. The van der Waals surface area contributed by atoms with Gasteiger partial charge in [0.05, 0.1) is 12.2 Å². The smallest absolute Gasteiger partial charge is 0.305 e. The van der Waals surface area contributed by atoms with E-state index < -0.39 is 46.5 Å². The summed E-state index contributed by atoms with van der Waals surface area (Å²) in [7, 11) is 0. The van der Waals surface area contributed by atoms with Crippen molar-refractivity contribution in [3.8, 4) is 0 Å². The largest absolute Gasteiger partial charge is 0.466 e. The lowest BCUT2D eigenvalue weighted by atomic mass is 9.86. The van der Waals surface area contributed by atoms with Crippen molar-refractivity contribution in [2.75, 3.05) is 6.61 Å². The Kier molecular flexibility index (Phi) is 6.96. The quantitative estimate of drug-likeness (QED) is 0.363. The van der Waals surface area contributed by atoms with Crippen LogP contribution in [0.25, 0.3) is 0 Å². The van der Waals surface area contributed by atoms with E-state index in [9.17, 15) is 27.2 Å². The van der Waals surface area contributed by atoms with E-state index in [-0.39, 0.29) is 30.0 Å². The molecule has 1 unspecified atom stereocenters. The second kappa shape index (κ2) is 8.99. The van der Waals surface area contributed by atoms with Crippen LogP contribution in [0, 0.1) is 23.3 Å². The standard InChI is InChI=1S/C19H15ClF4O3/c1-2-27-17(25)6-4-12(13-7-10(21)3-5-14(13)20)19(26)18-15(23)8-11(22)9-16(18)24/h3,5,7-9,12H,2,4,6H2,1H3. The first-order chi connectivity index (χ1) is 12.7. The highest BCUT2D eigenvalue weighted by Gasteiger charge is 2.30. The van der Waals surface area contributed by atoms with Crippen molar-refractivity contribution in [1.82, 2.24) is 0 Å². The molecular formula is C19H15ClF4O3. The Labute approximate surface area is 157 Å². The molecule has 0 N–H and O–H groups in total. The van der Waals surface area contributed by atoms with Crippen molar-refractivity contribution in [2.24, 2.45) is 0 Å². The van der Waals surface area contributed by atoms with Crippen LogP contribution < -0.4 is 0 Å². The third-order valence-electron chi connectivity index (χ3n) is 3.85. The van der Waals surface area contributed by atoms with Crippen LogP contribution in [0.5, 0.6) is 0 Å². The molecule has 2 rings (SSSR count). The lowest BCUT2D eigenvalue weighted by Crippen LogP contribution is -2.19. The molecule has 0 spiro atoms. The SMILES string of the molecule is CCOC(=O)CCC(C(=O)c1c(F)cc(F)cc1F)c1cc(F)ccc1Cl. The summed E-state index contributed by atoms with van der Waals surface area (Å²) in [6.45, 7) is 1.70. The number of hydrogen-bond acceptors (Lipinski definition) is 3. The van der Waals surface area contributed by atoms with Crippen molar-refractivity contribution in [2.45, 2.75) is 25.7 Å². The van der Waals surface area contributed by atoms with E-state index in [1.807, 2.05) is 0 Å². The number of carbonyl (C=O) groups excluding carboxylic acids is 2. The Hall–Kier alpha value is -2.41. The fourth-order valence-electron chi connectivity index (χ4n) is 2.66. The highest BCUT2D eigenvalue weighted by atomic mass is 35.5. The van der Waals surface area contributed by atoms with E-state index in [0.717, 1.165) is 12.1 Å². The summed E-state index contributed by atoms with van der Waals surface area (Å²) in [5.41, 5.74) is -1.01. The van der Waals surface area contributed by atoms with Crippen molar-refractivity contribution in [1.29, 1.82) is 0 Å². The summed E-state index contributed by atoms with van der Waals surface area (Å²) < 4.78 is 59.6. The molecule has 0 saturated heterocycles. The number of halogens is 5. The number of ether oxygens (including phenoxy) is 1. The first-order valence-corrected chi connectivity index (χ1v) is 8.41. The van der Waals surface area contributed by atoms with Crippen molar-refractivity contribution < 1.29 is 31.9 Å². The maximum absolute atomic E-state index is 14.0. The minimum Gasteiger partial charge on any atom is -0.466 e. The Bertz CT molecular complexity index is 847. The van der Waals surface area contributed by atoms with Crippen LogP contribution in [0.15, 0.2) is 30.3 Å². The number of rotatable bonds is 7. The Morgan fingerprint density at radius 3 is 2.26 bits per heavy atom. The van der Waals surface area contributed by atoms with Crippen LogP contribution in [-0.2, 0) is 9.53 Å². The second-order valence-corrected chi connectivity index (χ2v) is 6.08. The van der Waals surface area contributed by atoms with Gasteiger partial charge in [0, 0.05) is 29.5 Å². The Morgan fingerprint density at radius 2 is 1.67 bits per heavy atom. The van der Waals surface area contributed by atoms with Gasteiger partial charge < -0.3 is 4.74 Å². The first-order valence-electron chi connectivity index (χ1n) is 8.03. The lowest BCUT2D eigenvalue weighted by Gasteiger charge is -2.18. The molecule has 0 saturated carbocycles. The fourth-order valence-corrected chi connectivity index (χ4v) is 2.91. The molecule has 0 aromatic heterocycles. The van der Waals surface area contributed by atoms with E-state index >= 15 is 0 Å². The van der Waals surface area contributed by atoms with E-state index in [0.29, 0.717) is 12.1 Å². The van der Waals surface area contributed by atoms with E-state index in [1.54, 1.807) is 6.92 Å². The van der Waals surface area contributed by atoms with Gasteiger partial charge in [-0.2, -0.15) is 0 Å². The molecule has 0 aliphatic rings. The average Bonchev–Trinajstić information content (AvgIpc) is 2.57. The zero-order valence-electron chi connectivity index (χ0n) is 14.2. The van der Waals surface area contributed by atoms with Crippen LogP contribution in [0.1, 0.15) is 41.6 Å². The van der Waals surface area contributed by atoms with E-state index in [1.165, 1.54) is 6.07 Å². The van der Waals surface area contributed by atoms with Gasteiger partial charge in [0.15, 0.2) is 5.78 Å². The summed E-state index contributed by atoms with van der Waals surface area (Å²) in [5.74, 6) is -7.74. The topological polar surface area (TPSA) is 43.4 Å². The summed E-state index contributed by atoms with van der Waals surface area (Å²) >= 11 is 6.02. The van der Waals surface area contributed by atoms with Crippen LogP contribution >= 0.6 is 11.6 Å². The number of esters is 1. The van der Waals surface area contributed by atoms with Crippen LogP contribution in [0.3, 0.4) is 0 Å². The van der Waals surface area contributed by atoms with Crippen LogP contribution in [0.2, 0.25) is 5.02 Å². The van der Waals surface area contributed by atoms with Crippen molar-refractivity contribution in [3.05, 3.63) is 69.8 Å². The van der Waals surface area contributed by atoms with Crippen molar-refractivity contribution in [3.63, 3.8) is 0 Å². The molecule has 0 bridgehead atoms. The molecule has 0 amide bonds. The third kappa shape index (κ3) is 5.07. The summed E-state index contributed by atoms with van der Waals surface area (Å²) in [6, 6.07) is 3.93. The van der Waals surface area contributed by atoms with Crippen LogP contribution in [0.4, 0.5) is 17.6 Å². The van der Waals surface area contributed by atoms with Gasteiger partial charge in [0.25, 0.3) is 0 Å². The van der Waals surface area contributed by atoms with Gasteiger partial charge in [-0.1, -0.05) is 11.6 Å². The van der Waals surface area contributed by atoms with Crippen molar-refractivity contribution >= 4 is 23.4 Å². The predicted octanol–water partition coefficient (Wildman–Crippen LogP) is 5.21. The van der Waals surface area contributed by atoms with Gasteiger partial charge in [-0.25, -0.2) is 17.6 Å². The summed E-state index contributed by atoms with van der Waals surface area (Å²) in [4.78, 5) is 24.4. The Morgan fingerprint density at radius 1 is 1.04 bits per heavy atom. The molecular weight excluding hydrogens is 388 g/mol. The summed E-state index contributed by atoms with van der Waals surface area (Å²) in [5, 5.41) is -0.0125. The molecule has 144 valence electrons. The van der Waals surface area contributed by atoms with Crippen LogP contribution in [-0.4, -0.2) is 18.4 Å². The maximum atomic E-state index is 14.0. The predicted molar refractivity (Wildman–Crippen MR) is 90.7 cm³/mol. The minimum atomic E-state index is -1.40. The monoisotopic (exact) mass is 402 g/mol. The number of benzene rings is 2.